The first-order valence-electron chi connectivity index (χ1n) is 2.30. The highest BCUT2D eigenvalue weighted by Gasteiger charge is 1.74. The minimum atomic E-state index is -0.0724. The monoisotopic (exact) mass is 127 g/mol. The van der Waals surface area contributed by atoms with Crippen LogP contribution in [0.3, 0.4) is 0 Å². The summed E-state index contributed by atoms with van der Waals surface area (Å²) < 4.78 is 9.02. The Morgan fingerprint density at radius 2 is 2.33 bits per heavy atom. The van der Waals surface area contributed by atoms with Gasteiger partial charge >= 0.3 is 0 Å². The zero-order valence-corrected chi connectivity index (χ0v) is 4.87. The van der Waals surface area contributed by atoms with Crippen molar-refractivity contribution in [1.29, 1.82) is 0 Å². The van der Waals surface area contributed by atoms with Crippen LogP contribution in [-0.2, 0) is 14.3 Å². The molecule has 0 aliphatic rings. The van der Waals surface area contributed by atoms with Gasteiger partial charge in [0.05, 0.1) is 6.26 Å². The summed E-state index contributed by atoms with van der Waals surface area (Å²) in [5, 5.41) is 0. The summed E-state index contributed by atoms with van der Waals surface area (Å²) in [6, 6.07) is 0. The van der Waals surface area contributed by atoms with Crippen molar-refractivity contribution in [3.8, 4) is 0 Å². The zero-order valence-electron chi connectivity index (χ0n) is 4.87. The number of ether oxygens (including phenoxy) is 2. The Kier molecular flexibility index (Phi) is 5.81. The van der Waals surface area contributed by atoms with Crippen molar-refractivity contribution in [1.82, 2.24) is 0 Å². The summed E-state index contributed by atoms with van der Waals surface area (Å²) in [5.41, 5.74) is 0. The molecule has 0 saturated heterocycles. The molecule has 0 bridgehead atoms. The van der Waals surface area contributed by atoms with E-state index in [1.54, 1.807) is 0 Å². The molecule has 1 radical (unpaired) electrons. The molecule has 0 heterocycles. The molecule has 0 aromatic rings. The first kappa shape index (κ1) is 7.75. The second-order valence-corrected chi connectivity index (χ2v) is 1.03. The lowest BCUT2D eigenvalue weighted by Crippen LogP contribution is -1.85. The van der Waals surface area contributed by atoms with Gasteiger partial charge in [-0.05, 0) is 0 Å². The summed E-state index contributed by atoms with van der Waals surface area (Å²) in [5.74, 6) is 0. The molecular weight excluding hydrogens is 120 g/mol. The third kappa shape index (κ3) is 6.75. The average molecular weight is 127 g/mol. The predicted octanol–water partition coefficient (Wildman–Crippen LogP) is 0.744. The van der Waals surface area contributed by atoms with Gasteiger partial charge in [0.1, 0.15) is 12.5 Å². The van der Waals surface area contributed by atoms with E-state index in [2.05, 4.69) is 16.1 Å². The van der Waals surface area contributed by atoms with Gasteiger partial charge in [0, 0.05) is 0 Å². The van der Waals surface area contributed by atoms with Crippen LogP contribution in [-0.4, -0.2) is 12.9 Å². The van der Waals surface area contributed by atoms with Gasteiger partial charge in [-0.15, -0.1) is 0 Å². The molecule has 0 N–H and O–H groups in total. The van der Waals surface area contributed by atoms with Crippen LogP contribution in [0.4, 0.5) is 0 Å². The topological polar surface area (TPSA) is 35.5 Å². The largest absolute Gasteiger partial charge is 0.490 e. The second kappa shape index (κ2) is 6.75. The van der Waals surface area contributed by atoms with Gasteiger partial charge in [0.2, 0.25) is 6.29 Å². The summed E-state index contributed by atoms with van der Waals surface area (Å²) in [6.45, 7) is 3.20. The molecule has 0 aromatic heterocycles. The Bertz CT molecular complexity index is 107. The fourth-order valence-corrected chi connectivity index (χ4v) is 0.209. The predicted molar refractivity (Wildman–Crippen MR) is 32.1 cm³/mol. The Balaban J connectivity index is 3.03. The van der Waals surface area contributed by atoms with Crippen LogP contribution in [0.25, 0.3) is 0 Å². The van der Waals surface area contributed by atoms with Crippen LogP contribution in [0, 0.1) is 0 Å². The molecule has 0 atom stereocenters. The van der Waals surface area contributed by atoms with E-state index in [0.717, 1.165) is 0 Å². The third-order valence-electron chi connectivity index (χ3n) is 0.469. The zero-order chi connectivity index (χ0) is 6.95. The van der Waals surface area contributed by atoms with E-state index in [9.17, 15) is 4.79 Å². The minimum Gasteiger partial charge on any atom is -0.490 e. The Labute approximate surface area is 53.6 Å². The molecule has 49 valence electrons. The first-order chi connectivity index (χ1) is 4.41. The van der Waals surface area contributed by atoms with Crippen molar-refractivity contribution in [2.45, 2.75) is 0 Å². The quantitative estimate of drug-likeness (QED) is 0.403. The smallest absolute Gasteiger partial charge is 0.239 e. The van der Waals surface area contributed by atoms with Gasteiger partial charge in [-0.2, -0.15) is 0 Å². The van der Waals surface area contributed by atoms with E-state index in [1.165, 1.54) is 25.1 Å². The SMILES string of the molecule is C=COC=COC[C]=O. The van der Waals surface area contributed by atoms with Crippen molar-refractivity contribution >= 4 is 6.29 Å². The van der Waals surface area contributed by atoms with Crippen LogP contribution >= 0.6 is 0 Å². The van der Waals surface area contributed by atoms with Crippen molar-refractivity contribution in [3.05, 3.63) is 25.4 Å². The number of rotatable bonds is 5. The maximum absolute atomic E-state index is 9.49. The highest BCUT2D eigenvalue weighted by atomic mass is 16.5. The molecule has 9 heavy (non-hydrogen) atoms. The van der Waals surface area contributed by atoms with Crippen LogP contribution in [0.5, 0.6) is 0 Å². The Hall–Kier alpha value is -1.25. The molecule has 3 heteroatoms. The van der Waals surface area contributed by atoms with Gasteiger partial charge in [-0.3, -0.25) is 4.79 Å². The molecule has 0 amide bonds. The number of carbonyl (C=O) groups excluding carboxylic acids is 1. The van der Waals surface area contributed by atoms with E-state index in [4.69, 9.17) is 0 Å². The van der Waals surface area contributed by atoms with Crippen LogP contribution in [0.15, 0.2) is 25.4 Å². The van der Waals surface area contributed by atoms with Gasteiger partial charge in [0.25, 0.3) is 0 Å². The fraction of sp³-hybridized carbons (Fsp3) is 0.167. The number of hydrogen-bond acceptors (Lipinski definition) is 3. The van der Waals surface area contributed by atoms with Crippen molar-refractivity contribution in [2.75, 3.05) is 6.61 Å². The highest BCUT2D eigenvalue weighted by molar-refractivity contribution is 5.51. The lowest BCUT2D eigenvalue weighted by atomic mass is 10.8. The van der Waals surface area contributed by atoms with E-state index < -0.39 is 0 Å². The molecule has 0 fully saturated rings. The molecule has 0 spiro atoms. The third-order valence-corrected chi connectivity index (χ3v) is 0.469. The first-order valence-corrected chi connectivity index (χ1v) is 2.30. The summed E-state index contributed by atoms with van der Waals surface area (Å²) in [6.07, 6.45) is 5.29. The summed E-state index contributed by atoms with van der Waals surface area (Å²) >= 11 is 0. The molecular formula is C6H7O3. The molecule has 0 aromatic carbocycles. The van der Waals surface area contributed by atoms with Crippen molar-refractivity contribution in [3.63, 3.8) is 0 Å². The standard InChI is InChI=1S/C6H7O3/c1-2-8-5-6-9-4-3-7/h2,5-6H,1,4H2. The van der Waals surface area contributed by atoms with Crippen LogP contribution in [0.1, 0.15) is 0 Å². The summed E-state index contributed by atoms with van der Waals surface area (Å²) in [7, 11) is 0. The second-order valence-electron chi connectivity index (χ2n) is 1.03. The molecule has 3 nitrogen and oxygen atoms in total. The number of hydrogen-bond donors (Lipinski definition) is 0. The molecule has 0 aliphatic heterocycles. The van der Waals surface area contributed by atoms with Crippen molar-refractivity contribution < 1.29 is 14.3 Å². The Morgan fingerprint density at radius 3 is 2.89 bits per heavy atom. The van der Waals surface area contributed by atoms with Crippen LogP contribution in [0.2, 0.25) is 0 Å². The minimum absolute atomic E-state index is 0.0724. The molecule has 0 rings (SSSR count). The normalized spacial score (nSPS) is 8.89. The van der Waals surface area contributed by atoms with Gasteiger partial charge in [0.15, 0.2) is 6.61 Å². The highest BCUT2D eigenvalue weighted by Crippen LogP contribution is 1.77. The van der Waals surface area contributed by atoms with Gasteiger partial charge < -0.3 is 9.47 Å². The average Bonchev–Trinajstić information content (AvgIpc) is 1.89. The molecule has 0 aliphatic carbocycles. The van der Waals surface area contributed by atoms with E-state index >= 15 is 0 Å². The molecule has 0 saturated carbocycles. The summed E-state index contributed by atoms with van der Waals surface area (Å²) in [4.78, 5) is 9.49. The fourth-order valence-electron chi connectivity index (χ4n) is 0.209. The maximum Gasteiger partial charge on any atom is 0.239 e. The van der Waals surface area contributed by atoms with Crippen LogP contribution < -0.4 is 0 Å². The van der Waals surface area contributed by atoms with E-state index in [1.807, 2.05) is 0 Å². The molecule has 0 unspecified atom stereocenters. The van der Waals surface area contributed by atoms with Gasteiger partial charge in [-0.25, -0.2) is 0 Å². The lowest BCUT2D eigenvalue weighted by Gasteiger charge is -1.89. The van der Waals surface area contributed by atoms with Crippen molar-refractivity contribution in [2.24, 2.45) is 0 Å². The Morgan fingerprint density at radius 1 is 1.56 bits per heavy atom. The van der Waals surface area contributed by atoms with E-state index in [0.29, 0.717) is 0 Å². The van der Waals surface area contributed by atoms with Gasteiger partial charge in [-0.1, -0.05) is 6.58 Å². The lowest BCUT2D eigenvalue weighted by molar-refractivity contribution is 0.275. The maximum atomic E-state index is 9.49. The van der Waals surface area contributed by atoms with E-state index in [-0.39, 0.29) is 6.61 Å².